The van der Waals surface area contributed by atoms with E-state index in [4.69, 9.17) is 14.2 Å². The molecule has 132 valence electrons. The fourth-order valence-electron chi connectivity index (χ4n) is 2.31. The van der Waals surface area contributed by atoms with Crippen LogP contribution in [0.4, 0.5) is 11.4 Å². The van der Waals surface area contributed by atoms with Gasteiger partial charge in [0.1, 0.15) is 17.2 Å². The molecule has 0 aromatic heterocycles. The highest BCUT2D eigenvalue weighted by Gasteiger charge is 2.22. The molecule has 1 heterocycles. The van der Waals surface area contributed by atoms with Gasteiger partial charge in [0.15, 0.2) is 6.61 Å². The molecule has 0 saturated heterocycles. The SMILES string of the molecule is COc1ccc(NS(=O)(=O)c2ccc3c(c2)OCC(=O)N3)c(OC)c1. The van der Waals surface area contributed by atoms with Crippen molar-refractivity contribution in [2.45, 2.75) is 4.90 Å². The molecule has 0 radical (unpaired) electrons. The summed E-state index contributed by atoms with van der Waals surface area (Å²) in [5.74, 6) is 0.871. The summed E-state index contributed by atoms with van der Waals surface area (Å²) in [5.41, 5.74) is 0.701. The molecule has 0 atom stereocenters. The number of benzene rings is 2. The Morgan fingerprint density at radius 3 is 2.64 bits per heavy atom. The zero-order chi connectivity index (χ0) is 18.0. The van der Waals surface area contributed by atoms with Gasteiger partial charge in [0.2, 0.25) is 0 Å². The summed E-state index contributed by atoms with van der Waals surface area (Å²) in [6.07, 6.45) is 0. The Balaban J connectivity index is 1.91. The number of ether oxygens (including phenoxy) is 3. The van der Waals surface area contributed by atoms with Crippen molar-refractivity contribution in [1.82, 2.24) is 0 Å². The predicted molar refractivity (Wildman–Crippen MR) is 90.9 cm³/mol. The van der Waals surface area contributed by atoms with E-state index in [0.29, 0.717) is 22.9 Å². The zero-order valence-electron chi connectivity index (χ0n) is 13.5. The van der Waals surface area contributed by atoms with Crippen molar-refractivity contribution in [3.63, 3.8) is 0 Å². The first-order chi connectivity index (χ1) is 11.9. The van der Waals surface area contributed by atoms with Crippen LogP contribution in [0.15, 0.2) is 41.3 Å². The quantitative estimate of drug-likeness (QED) is 0.839. The lowest BCUT2D eigenvalue weighted by Gasteiger charge is -2.19. The maximum absolute atomic E-state index is 12.6. The van der Waals surface area contributed by atoms with Crippen molar-refractivity contribution in [2.75, 3.05) is 30.9 Å². The van der Waals surface area contributed by atoms with Gasteiger partial charge in [-0.25, -0.2) is 8.42 Å². The second-order valence-electron chi connectivity index (χ2n) is 5.17. The van der Waals surface area contributed by atoms with Gasteiger partial charge in [-0.2, -0.15) is 0 Å². The van der Waals surface area contributed by atoms with Gasteiger partial charge >= 0.3 is 0 Å². The van der Waals surface area contributed by atoms with Crippen LogP contribution in [-0.4, -0.2) is 35.2 Å². The number of carbonyl (C=O) groups excluding carboxylic acids is 1. The summed E-state index contributed by atoms with van der Waals surface area (Å²) < 4.78 is 43.3. The second-order valence-corrected chi connectivity index (χ2v) is 6.85. The van der Waals surface area contributed by atoms with Crippen molar-refractivity contribution in [2.24, 2.45) is 0 Å². The number of nitrogens with one attached hydrogen (secondary N) is 2. The molecule has 2 N–H and O–H groups in total. The molecule has 1 amide bonds. The van der Waals surface area contributed by atoms with Crippen LogP contribution in [0.3, 0.4) is 0 Å². The van der Waals surface area contributed by atoms with Gasteiger partial charge < -0.3 is 19.5 Å². The number of carbonyl (C=O) groups is 1. The summed E-state index contributed by atoms with van der Waals surface area (Å²) in [6.45, 7) is -0.157. The van der Waals surface area contributed by atoms with Crippen LogP contribution in [0, 0.1) is 0 Å². The Morgan fingerprint density at radius 1 is 1.12 bits per heavy atom. The minimum atomic E-state index is -3.88. The summed E-state index contributed by atoms with van der Waals surface area (Å²) in [5, 5.41) is 2.61. The van der Waals surface area contributed by atoms with Crippen molar-refractivity contribution in [3.8, 4) is 17.2 Å². The van der Waals surface area contributed by atoms with Crippen molar-refractivity contribution >= 4 is 27.3 Å². The number of amides is 1. The van der Waals surface area contributed by atoms with E-state index in [1.165, 1.54) is 32.4 Å². The van der Waals surface area contributed by atoms with Gasteiger partial charge in [-0.05, 0) is 24.3 Å². The summed E-state index contributed by atoms with van der Waals surface area (Å²) in [7, 11) is -0.939. The van der Waals surface area contributed by atoms with E-state index in [1.54, 1.807) is 18.2 Å². The van der Waals surface area contributed by atoms with E-state index in [-0.39, 0.29) is 23.1 Å². The molecule has 2 aromatic carbocycles. The highest BCUT2D eigenvalue weighted by Crippen LogP contribution is 2.33. The first-order valence-electron chi connectivity index (χ1n) is 7.24. The number of hydrogen-bond donors (Lipinski definition) is 2. The Hall–Kier alpha value is -2.94. The van der Waals surface area contributed by atoms with Gasteiger partial charge in [0.05, 0.1) is 30.5 Å². The average molecular weight is 364 g/mol. The van der Waals surface area contributed by atoms with Gasteiger partial charge in [-0.15, -0.1) is 0 Å². The number of hydrogen-bond acceptors (Lipinski definition) is 6. The summed E-state index contributed by atoms with van der Waals surface area (Å²) in [4.78, 5) is 11.3. The van der Waals surface area contributed by atoms with E-state index in [9.17, 15) is 13.2 Å². The van der Waals surface area contributed by atoms with E-state index < -0.39 is 10.0 Å². The van der Waals surface area contributed by atoms with Gasteiger partial charge in [0.25, 0.3) is 15.9 Å². The molecule has 9 heteroatoms. The topological polar surface area (TPSA) is 103 Å². The Bertz CT molecular complexity index is 926. The number of rotatable bonds is 5. The fraction of sp³-hybridized carbons (Fsp3) is 0.188. The standard InChI is InChI=1S/C16H16N2O6S/c1-22-10-3-5-13(14(7-10)23-2)18-25(20,21)11-4-6-12-15(8-11)24-9-16(19)17-12/h3-8,18H,9H2,1-2H3,(H,17,19). The fourth-order valence-corrected chi connectivity index (χ4v) is 3.39. The molecular weight excluding hydrogens is 348 g/mol. The van der Waals surface area contributed by atoms with Gasteiger partial charge in [0, 0.05) is 12.1 Å². The van der Waals surface area contributed by atoms with Crippen LogP contribution in [0.2, 0.25) is 0 Å². The van der Waals surface area contributed by atoms with E-state index >= 15 is 0 Å². The lowest BCUT2D eigenvalue weighted by Crippen LogP contribution is -2.25. The van der Waals surface area contributed by atoms with Crippen LogP contribution >= 0.6 is 0 Å². The number of fused-ring (bicyclic) bond motifs is 1. The molecule has 0 fully saturated rings. The summed E-state index contributed by atoms with van der Waals surface area (Å²) in [6, 6.07) is 8.95. The van der Waals surface area contributed by atoms with E-state index in [0.717, 1.165) is 0 Å². The average Bonchev–Trinajstić information content (AvgIpc) is 2.61. The molecule has 2 aromatic rings. The largest absolute Gasteiger partial charge is 0.497 e. The second kappa shape index (κ2) is 6.52. The monoisotopic (exact) mass is 364 g/mol. The molecule has 0 bridgehead atoms. The molecule has 1 aliphatic heterocycles. The molecule has 0 spiro atoms. The van der Waals surface area contributed by atoms with Crippen molar-refractivity contribution in [1.29, 1.82) is 0 Å². The maximum Gasteiger partial charge on any atom is 0.262 e. The molecule has 8 nitrogen and oxygen atoms in total. The number of sulfonamides is 1. The van der Waals surface area contributed by atoms with E-state index in [2.05, 4.69) is 10.0 Å². The van der Waals surface area contributed by atoms with Crippen LogP contribution in [0.1, 0.15) is 0 Å². The van der Waals surface area contributed by atoms with Gasteiger partial charge in [-0.3, -0.25) is 9.52 Å². The van der Waals surface area contributed by atoms with E-state index in [1.807, 2.05) is 0 Å². The molecule has 0 unspecified atom stereocenters. The van der Waals surface area contributed by atoms with Crippen LogP contribution in [-0.2, 0) is 14.8 Å². The molecule has 0 saturated carbocycles. The molecule has 0 aliphatic carbocycles. The predicted octanol–water partition coefficient (Wildman–Crippen LogP) is 1.84. The van der Waals surface area contributed by atoms with Gasteiger partial charge in [-0.1, -0.05) is 0 Å². The summed E-state index contributed by atoms with van der Waals surface area (Å²) >= 11 is 0. The highest BCUT2D eigenvalue weighted by atomic mass is 32.2. The first kappa shape index (κ1) is 16.9. The minimum Gasteiger partial charge on any atom is -0.497 e. The van der Waals surface area contributed by atoms with Crippen LogP contribution in [0.5, 0.6) is 17.2 Å². The number of anilines is 2. The lowest BCUT2D eigenvalue weighted by molar-refractivity contribution is -0.118. The highest BCUT2D eigenvalue weighted by molar-refractivity contribution is 7.92. The van der Waals surface area contributed by atoms with Crippen LogP contribution < -0.4 is 24.2 Å². The molecular formula is C16H16N2O6S. The molecule has 1 aliphatic rings. The smallest absolute Gasteiger partial charge is 0.262 e. The van der Waals surface area contributed by atoms with Crippen molar-refractivity contribution in [3.05, 3.63) is 36.4 Å². The Labute approximate surface area is 144 Å². The molecule has 3 rings (SSSR count). The third kappa shape index (κ3) is 3.45. The van der Waals surface area contributed by atoms with Crippen LogP contribution in [0.25, 0.3) is 0 Å². The third-order valence-corrected chi connectivity index (χ3v) is 4.91. The zero-order valence-corrected chi connectivity index (χ0v) is 14.3. The normalized spacial score (nSPS) is 13.3. The third-order valence-electron chi connectivity index (χ3n) is 3.55. The lowest BCUT2D eigenvalue weighted by atomic mass is 10.2. The Morgan fingerprint density at radius 2 is 1.92 bits per heavy atom. The molecule has 25 heavy (non-hydrogen) atoms. The van der Waals surface area contributed by atoms with Crippen molar-refractivity contribution < 1.29 is 27.4 Å². The first-order valence-corrected chi connectivity index (χ1v) is 8.73. The maximum atomic E-state index is 12.6. The minimum absolute atomic E-state index is 0.000250. The number of methoxy groups -OCH3 is 2. The Kier molecular flexibility index (Phi) is 4.41.